The number of ketones is 1. The van der Waals surface area contributed by atoms with E-state index in [1.54, 1.807) is 0 Å². The van der Waals surface area contributed by atoms with Gasteiger partial charge in [0.25, 0.3) is 0 Å². The van der Waals surface area contributed by atoms with Gasteiger partial charge in [0, 0.05) is 0 Å². The monoisotopic (exact) mass is 266 g/mol. The van der Waals surface area contributed by atoms with E-state index in [2.05, 4.69) is 4.98 Å². The Kier molecular flexibility index (Phi) is 3.93. The van der Waals surface area contributed by atoms with Crippen LogP contribution in [-0.2, 0) is 4.79 Å². The van der Waals surface area contributed by atoms with Crippen LogP contribution in [0.2, 0.25) is 10.0 Å². The predicted octanol–water partition coefficient (Wildman–Crippen LogP) is 2.47. The van der Waals surface area contributed by atoms with Crippen molar-refractivity contribution in [1.82, 2.24) is 4.98 Å². The largest absolute Gasteiger partial charge is 0.465 e. The molecule has 0 aliphatic carbocycles. The Hall–Kier alpha value is -1.07. The van der Waals surface area contributed by atoms with Crippen LogP contribution >= 0.6 is 23.2 Å². The Labute approximate surface area is 101 Å². The molecule has 1 aromatic rings. The number of ether oxygens (including phenoxy) is 1. The molecular formula is C9H9Cl2FN2O2. The third kappa shape index (κ3) is 2.54. The van der Waals surface area contributed by atoms with Crippen molar-refractivity contribution in [3.05, 3.63) is 16.0 Å². The minimum absolute atomic E-state index is 0.112. The van der Waals surface area contributed by atoms with Gasteiger partial charge in [-0.25, -0.2) is 0 Å². The number of carbonyl (C=O) groups is 1. The van der Waals surface area contributed by atoms with Gasteiger partial charge in [0.1, 0.15) is 10.0 Å². The molecule has 7 heteroatoms. The lowest BCUT2D eigenvalue weighted by Gasteiger charge is -2.13. The van der Waals surface area contributed by atoms with Gasteiger partial charge in [0.2, 0.25) is 11.8 Å². The SMILES string of the molecule is CC(=O)C(C)Oc1nc(F)c(Cl)c(N)c1Cl. The predicted molar refractivity (Wildman–Crippen MR) is 59.4 cm³/mol. The van der Waals surface area contributed by atoms with Crippen molar-refractivity contribution in [1.29, 1.82) is 0 Å². The van der Waals surface area contributed by atoms with Gasteiger partial charge in [-0.2, -0.15) is 9.37 Å². The van der Waals surface area contributed by atoms with E-state index in [1.807, 2.05) is 0 Å². The smallest absolute Gasteiger partial charge is 0.238 e. The molecule has 1 unspecified atom stereocenters. The number of pyridine rings is 1. The Bertz CT molecular complexity index is 440. The van der Waals surface area contributed by atoms with E-state index in [9.17, 15) is 9.18 Å². The van der Waals surface area contributed by atoms with E-state index in [0.29, 0.717) is 0 Å². The van der Waals surface area contributed by atoms with Gasteiger partial charge in [-0.3, -0.25) is 4.79 Å². The van der Waals surface area contributed by atoms with Crippen LogP contribution in [0.15, 0.2) is 0 Å². The first-order chi connectivity index (χ1) is 7.34. The molecule has 16 heavy (non-hydrogen) atoms. The van der Waals surface area contributed by atoms with Crippen LogP contribution in [0.1, 0.15) is 13.8 Å². The second kappa shape index (κ2) is 4.84. The molecule has 1 atom stereocenters. The molecule has 1 aromatic heterocycles. The lowest BCUT2D eigenvalue weighted by atomic mass is 10.3. The first kappa shape index (κ1) is 13.0. The molecule has 0 aliphatic heterocycles. The van der Waals surface area contributed by atoms with E-state index >= 15 is 0 Å². The average molecular weight is 267 g/mol. The van der Waals surface area contributed by atoms with Gasteiger partial charge < -0.3 is 10.5 Å². The molecule has 0 amide bonds. The number of halogens is 3. The van der Waals surface area contributed by atoms with Crippen LogP contribution in [0, 0.1) is 5.95 Å². The normalized spacial score (nSPS) is 12.3. The zero-order chi connectivity index (χ0) is 12.5. The summed E-state index contributed by atoms with van der Waals surface area (Å²) < 4.78 is 18.2. The summed E-state index contributed by atoms with van der Waals surface area (Å²) in [6, 6.07) is 0. The van der Waals surface area contributed by atoms with Gasteiger partial charge in [-0.1, -0.05) is 23.2 Å². The average Bonchev–Trinajstić information content (AvgIpc) is 2.22. The highest BCUT2D eigenvalue weighted by atomic mass is 35.5. The number of hydrogen-bond donors (Lipinski definition) is 1. The summed E-state index contributed by atoms with van der Waals surface area (Å²) in [7, 11) is 0. The number of rotatable bonds is 3. The van der Waals surface area contributed by atoms with E-state index in [0.717, 1.165) is 0 Å². The summed E-state index contributed by atoms with van der Waals surface area (Å²) >= 11 is 11.2. The Balaban J connectivity index is 3.11. The lowest BCUT2D eigenvalue weighted by molar-refractivity contribution is -0.123. The fraction of sp³-hybridized carbons (Fsp3) is 0.333. The Morgan fingerprint density at radius 2 is 2.06 bits per heavy atom. The summed E-state index contributed by atoms with van der Waals surface area (Å²) in [5.41, 5.74) is 5.26. The van der Waals surface area contributed by atoms with E-state index < -0.39 is 12.1 Å². The van der Waals surface area contributed by atoms with Crippen LogP contribution in [0.25, 0.3) is 0 Å². The van der Waals surface area contributed by atoms with Crippen molar-refractivity contribution < 1.29 is 13.9 Å². The summed E-state index contributed by atoms with van der Waals surface area (Å²) in [5, 5.41) is -0.479. The van der Waals surface area contributed by atoms with Crippen molar-refractivity contribution in [2.45, 2.75) is 20.0 Å². The standard InChI is InChI=1S/C9H9Cl2FN2O2/c1-3(15)4(2)16-9-6(11)7(13)5(10)8(12)14-9/h4H,1-2H3,(H2,13,14). The third-order valence-corrected chi connectivity index (χ3v) is 2.63. The van der Waals surface area contributed by atoms with Gasteiger partial charge in [0.05, 0.1) is 5.69 Å². The van der Waals surface area contributed by atoms with Crippen molar-refractivity contribution in [3.8, 4) is 5.88 Å². The molecule has 4 nitrogen and oxygen atoms in total. The fourth-order valence-corrected chi connectivity index (χ4v) is 1.20. The quantitative estimate of drug-likeness (QED) is 0.854. The van der Waals surface area contributed by atoms with Crippen LogP contribution in [-0.4, -0.2) is 16.9 Å². The molecule has 2 N–H and O–H groups in total. The van der Waals surface area contributed by atoms with Crippen molar-refractivity contribution in [3.63, 3.8) is 0 Å². The minimum Gasteiger partial charge on any atom is -0.465 e. The highest BCUT2D eigenvalue weighted by Gasteiger charge is 2.19. The first-order valence-electron chi connectivity index (χ1n) is 4.31. The number of hydrogen-bond acceptors (Lipinski definition) is 4. The summed E-state index contributed by atoms with van der Waals surface area (Å²) in [6.07, 6.45) is -0.787. The van der Waals surface area contributed by atoms with Gasteiger partial charge >= 0.3 is 0 Å². The van der Waals surface area contributed by atoms with Crippen LogP contribution in [0.3, 0.4) is 0 Å². The van der Waals surface area contributed by atoms with Crippen molar-refractivity contribution in [2.75, 3.05) is 5.73 Å². The van der Waals surface area contributed by atoms with Gasteiger partial charge in [-0.15, -0.1) is 0 Å². The molecule has 0 aromatic carbocycles. The number of carbonyl (C=O) groups excluding carboxylic acids is 1. The molecule has 0 saturated heterocycles. The molecular weight excluding hydrogens is 258 g/mol. The second-order valence-corrected chi connectivity index (χ2v) is 3.88. The number of nitrogens with zero attached hydrogens (tertiary/aromatic N) is 1. The fourth-order valence-electron chi connectivity index (χ4n) is 0.839. The number of nitrogens with two attached hydrogens (primary N) is 1. The zero-order valence-electron chi connectivity index (χ0n) is 8.55. The molecule has 88 valence electrons. The van der Waals surface area contributed by atoms with E-state index in [-0.39, 0.29) is 27.4 Å². The Morgan fingerprint density at radius 3 is 2.56 bits per heavy atom. The zero-order valence-corrected chi connectivity index (χ0v) is 10.1. The molecule has 0 radical (unpaired) electrons. The van der Waals surface area contributed by atoms with E-state index in [4.69, 9.17) is 33.7 Å². The molecule has 0 spiro atoms. The first-order valence-corrected chi connectivity index (χ1v) is 5.07. The van der Waals surface area contributed by atoms with E-state index in [1.165, 1.54) is 13.8 Å². The number of anilines is 1. The molecule has 0 saturated carbocycles. The minimum atomic E-state index is -0.991. The highest BCUT2D eigenvalue weighted by molar-refractivity contribution is 6.39. The number of Topliss-reactive ketones (excluding diaryl/α,β-unsaturated/α-hetero) is 1. The summed E-state index contributed by atoms with van der Waals surface area (Å²) in [4.78, 5) is 14.3. The number of aromatic nitrogens is 1. The summed E-state index contributed by atoms with van der Waals surface area (Å²) in [6.45, 7) is 2.82. The van der Waals surface area contributed by atoms with Crippen LogP contribution < -0.4 is 10.5 Å². The summed E-state index contributed by atoms with van der Waals surface area (Å²) in [5.74, 6) is -1.48. The third-order valence-electron chi connectivity index (χ3n) is 1.90. The van der Waals surface area contributed by atoms with Crippen LogP contribution in [0.4, 0.5) is 10.1 Å². The topological polar surface area (TPSA) is 65.2 Å². The lowest BCUT2D eigenvalue weighted by Crippen LogP contribution is -2.21. The maximum Gasteiger partial charge on any atom is 0.238 e. The molecule has 1 heterocycles. The molecule has 1 rings (SSSR count). The highest BCUT2D eigenvalue weighted by Crippen LogP contribution is 2.35. The molecule has 0 fully saturated rings. The Morgan fingerprint density at radius 1 is 1.50 bits per heavy atom. The molecule has 0 aliphatic rings. The van der Waals surface area contributed by atoms with Gasteiger partial charge in [0.15, 0.2) is 11.9 Å². The maximum absolute atomic E-state index is 13.1. The van der Waals surface area contributed by atoms with Crippen molar-refractivity contribution in [2.24, 2.45) is 0 Å². The number of nitrogen functional groups attached to an aromatic ring is 1. The van der Waals surface area contributed by atoms with Crippen molar-refractivity contribution >= 4 is 34.7 Å². The maximum atomic E-state index is 13.1. The van der Waals surface area contributed by atoms with Gasteiger partial charge in [-0.05, 0) is 13.8 Å². The second-order valence-electron chi connectivity index (χ2n) is 3.12. The van der Waals surface area contributed by atoms with Crippen LogP contribution in [0.5, 0.6) is 5.88 Å². The molecule has 0 bridgehead atoms.